The topological polar surface area (TPSA) is 49.3 Å². The number of anilines is 1. The van der Waals surface area contributed by atoms with Crippen molar-refractivity contribution in [3.63, 3.8) is 0 Å². The first-order valence-electron chi connectivity index (χ1n) is 4.10. The maximum atomic E-state index is 12.8. The molecule has 0 bridgehead atoms. The first-order chi connectivity index (χ1) is 7.00. The number of hydrogen-bond acceptors (Lipinski definition) is 2. The lowest BCUT2D eigenvalue weighted by molar-refractivity contribution is -0.132. The molecule has 0 radical (unpaired) electrons. The van der Waals surface area contributed by atoms with Gasteiger partial charge in [-0.2, -0.15) is 0 Å². The standard InChI is InChI=1S/C10H9BrFNO2/c1-6(10(14)15)5-13-9-4-7(12)2-3-8(9)11/h2-4,13H,1,5H2,(H,14,15). The Bertz CT molecular complexity index is 406. The molecule has 0 fully saturated rings. The number of carbonyl (C=O) groups is 1. The Morgan fingerprint density at radius 1 is 1.60 bits per heavy atom. The zero-order chi connectivity index (χ0) is 11.4. The third kappa shape index (κ3) is 3.36. The molecule has 0 spiro atoms. The molecule has 1 aromatic carbocycles. The molecule has 0 aromatic heterocycles. The van der Waals surface area contributed by atoms with Gasteiger partial charge in [-0.3, -0.25) is 0 Å². The van der Waals surface area contributed by atoms with E-state index < -0.39 is 5.97 Å². The number of nitrogens with one attached hydrogen (secondary N) is 1. The molecule has 0 aliphatic rings. The SMILES string of the molecule is C=C(CNc1cc(F)ccc1Br)C(=O)O. The lowest BCUT2D eigenvalue weighted by Gasteiger charge is -2.08. The monoisotopic (exact) mass is 273 g/mol. The first kappa shape index (κ1) is 11.7. The highest BCUT2D eigenvalue weighted by atomic mass is 79.9. The molecule has 1 aromatic rings. The second-order valence-electron chi connectivity index (χ2n) is 2.89. The molecule has 0 saturated heterocycles. The van der Waals surface area contributed by atoms with Gasteiger partial charge in [0.25, 0.3) is 0 Å². The molecule has 0 heterocycles. The molecule has 0 atom stereocenters. The van der Waals surface area contributed by atoms with Gasteiger partial charge < -0.3 is 10.4 Å². The number of carboxylic acid groups (broad SMARTS) is 1. The van der Waals surface area contributed by atoms with Crippen molar-refractivity contribution in [1.29, 1.82) is 0 Å². The Kier molecular flexibility index (Phi) is 3.85. The van der Waals surface area contributed by atoms with Gasteiger partial charge in [0, 0.05) is 16.6 Å². The molecule has 0 aliphatic carbocycles. The highest BCUT2D eigenvalue weighted by Crippen LogP contribution is 2.22. The molecule has 0 saturated carbocycles. The Labute approximate surface area is 94.7 Å². The number of aliphatic carboxylic acids is 1. The Hall–Kier alpha value is -1.36. The van der Waals surface area contributed by atoms with Gasteiger partial charge in [0.05, 0.1) is 5.69 Å². The van der Waals surface area contributed by atoms with Crippen molar-refractivity contribution in [3.05, 3.63) is 40.6 Å². The highest BCUT2D eigenvalue weighted by Gasteiger charge is 2.05. The normalized spacial score (nSPS) is 9.73. The van der Waals surface area contributed by atoms with E-state index in [1.807, 2.05) is 0 Å². The molecule has 0 amide bonds. The van der Waals surface area contributed by atoms with Crippen LogP contribution in [0.5, 0.6) is 0 Å². The zero-order valence-corrected chi connectivity index (χ0v) is 9.34. The van der Waals surface area contributed by atoms with E-state index in [2.05, 4.69) is 27.8 Å². The van der Waals surface area contributed by atoms with E-state index >= 15 is 0 Å². The van der Waals surface area contributed by atoms with Crippen LogP contribution in [-0.4, -0.2) is 17.6 Å². The highest BCUT2D eigenvalue weighted by molar-refractivity contribution is 9.10. The van der Waals surface area contributed by atoms with Crippen molar-refractivity contribution in [3.8, 4) is 0 Å². The Balaban J connectivity index is 2.69. The molecular weight excluding hydrogens is 265 g/mol. The third-order valence-electron chi connectivity index (χ3n) is 1.72. The number of hydrogen-bond donors (Lipinski definition) is 2. The summed E-state index contributed by atoms with van der Waals surface area (Å²) in [6, 6.07) is 4.13. The summed E-state index contributed by atoms with van der Waals surface area (Å²) in [7, 11) is 0. The van der Waals surface area contributed by atoms with Crippen LogP contribution in [0.1, 0.15) is 0 Å². The molecule has 0 aliphatic heterocycles. The molecule has 15 heavy (non-hydrogen) atoms. The van der Waals surface area contributed by atoms with Crippen LogP contribution in [0, 0.1) is 5.82 Å². The van der Waals surface area contributed by atoms with E-state index in [9.17, 15) is 9.18 Å². The Morgan fingerprint density at radius 2 is 2.27 bits per heavy atom. The van der Waals surface area contributed by atoms with Gasteiger partial charge >= 0.3 is 5.97 Å². The van der Waals surface area contributed by atoms with Crippen molar-refractivity contribution < 1.29 is 14.3 Å². The zero-order valence-electron chi connectivity index (χ0n) is 7.76. The third-order valence-corrected chi connectivity index (χ3v) is 2.41. The van der Waals surface area contributed by atoms with Gasteiger partial charge in [-0.25, -0.2) is 9.18 Å². The van der Waals surface area contributed by atoms with Gasteiger partial charge in [0.1, 0.15) is 5.82 Å². The van der Waals surface area contributed by atoms with E-state index in [0.29, 0.717) is 10.2 Å². The minimum Gasteiger partial charge on any atom is -0.478 e. The van der Waals surface area contributed by atoms with E-state index in [4.69, 9.17) is 5.11 Å². The predicted molar refractivity (Wildman–Crippen MR) is 59.4 cm³/mol. The smallest absolute Gasteiger partial charge is 0.332 e. The summed E-state index contributed by atoms with van der Waals surface area (Å²) in [4.78, 5) is 10.4. The lowest BCUT2D eigenvalue weighted by atomic mass is 10.2. The van der Waals surface area contributed by atoms with Gasteiger partial charge in [0.15, 0.2) is 0 Å². The molecule has 5 heteroatoms. The van der Waals surface area contributed by atoms with Crippen LogP contribution in [0.25, 0.3) is 0 Å². The predicted octanol–water partition coefficient (Wildman–Crippen LogP) is 2.64. The quantitative estimate of drug-likeness (QED) is 0.830. The van der Waals surface area contributed by atoms with Gasteiger partial charge in [-0.15, -0.1) is 0 Å². The van der Waals surface area contributed by atoms with Gasteiger partial charge in [-0.05, 0) is 34.1 Å². The summed E-state index contributed by atoms with van der Waals surface area (Å²) in [6.07, 6.45) is 0. The molecule has 0 unspecified atom stereocenters. The molecule has 2 N–H and O–H groups in total. The average Bonchev–Trinajstić information content (AvgIpc) is 2.18. The molecular formula is C10H9BrFNO2. The maximum Gasteiger partial charge on any atom is 0.332 e. The summed E-state index contributed by atoms with van der Waals surface area (Å²) >= 11 is 3.21. The number of benzene rings is 1. The van der Waals surface area contributed by atoms with Crippen LogP contribution in [0.4, 0.5) is 10.1 Å². The summed E-state index contributed by atoms with van der Waals surface area (Å²) in [5.41, 5.74) is 0.517. The summed E-state index contributed by atoms with van der Waals surface area (Å²) in [5.74, 6) is -1.46. The summed E-state index contributed by atoms with van der Waals surface area (Å²) in [5, 5.41) is 11.3. The molecule has 1 rings (SSSR count). The van der Waals surface area contributed by atoms with E-state index in [-0.39, 0.29) is 17.9 Å². The van der Waals surface area contributed by atoms with Crippen molar-refractivity contribution in [1.82, 2.24) is 0 Å². The first-order valence-corrected chi connectivity index (χ1v) is 4.90. The summed E-state index contributed by atoms with van der Waals surface area (Å²) < 4.78 is 13.5. The van der Waals surface area contributed by atoms with Crippen LogP contribution in [0.15, 0.2) is 34.8 Å². The minimum atomic E-state index is -1.07. The van der Waals surface area contributed by atoms with Crippen LogP contribution in [-0.2, 0) is 4.79 Å². The van der Waals surface area contributed by atoms with Crippen LogP contribution < -0.4 is 5.32 Å². The van der Waals surface area contributed by atoms with E-state index in [1.165, 1.54) is 12.1 Å². The largest absolute Gasteiger partial charge is 0.478 e. The fourth-order valence-electron chi connectivity index (χ4n) is 0.910. The number of halogens is 2. The van der Waals surface area contributed by atoms with Crippen LogP contribution in [0.3, 0.4) is 0 Å². The number of carboxylic acids is 1. The lowest BCUT2D eigenvalue weighted by Crippen LogP contribution is -2.11. The fourth-order valence-corrected chi connectivity index (χ4v) is 1.30. The van der Waals surface area contributed by atoms with E-state index in [0.717, 1.165) is 0 Å². The van der Waals surface area contributed by atoms with Crippen molar-refractivity contribution in [2.75, 3.05) is 11.9 Å². The van der Waals surface area contributed by atoms with Crippen molar-refractivity contribution in [2.45, 2.75) is 0 Å². The van der Waals surface area contributed by atoms with Crippen LogP contribution >= 0.6 is 15.9 Å². The number of rotatable bonds is 4. The second kappa shape index (κ2) is 4.93. The minimum absolute atomic E-state index is 0.0196. The summed E-state index contributed by atoms with van der Waals surface area (Å²) in [6.45, 7) is 3.42. The molecule has 3 nitrogen and oxygen atoms in total. The van der Waals surface area contributed by atoms with Gasteiger partial charge in [-0.1, -0.05) is 6.58 Å². The van der Waals surface area contributed by atoms with Crippen LogP contribution in [0.2, 0.25) is 0 Å². The van der Waals surface area contributed by atoms with Crippen molar-refractivity contribution >= 4 is 27.6 Å². The average molecular weight is 274 g/mol. The Morgan fingerprint density at radius 3 is 2.87 bits per heavy atom. The maximum absolute atomic E-state index is 12.8. The van der Waals surface area contributed by atoms with Gasteiger partial charge in [0.2, 0.25) is 0 Å². The van der Waals surface area contributed by atoms with Crippen molar-refractivity contribution in [2.24, 2.45) is 0 Å². The fraction of sp³-hybridized carbons (Fsp3) is 0.100. The van der Waals surface area contributed by atoms with E-state index in [1.54, 1.807) is 6.07 Å². The molecule has 80 valence electrons. The second-order valence-corrected chi connectivity index (χ2v) is 3.74.